The van der Waals surface area contributed by atoms with Crippen LogP contribution in [0.5, 0.6) is 17.2 Å². The SMILES string of the molecule is COc1cc(CNCc2ccc(F)s2)cc(OC)c1OC. The van der Waals surface area contributed by atoms with E-state index in [1.807, 2.05) is 12.1 Å². The zero-order valence-corrected chi connectivity index (χ0v) is 13.1. The first-order valence-corrected chi connectivity index (χ1v) is 7.23. The van der Waals surface area contributed by atoms with Crippen LogP contribution in [0, 0.1) is 5.13 Å². The summed E-state index contributed by atoms with van der Waals surface area (Å²) in [7, 11) is 4.75. The molecule has 1 heterocycles. The summed E-state index contributed by atoms with van der Waals surface area (Å²) in [5.41, 5.74) is 1.00. The Kier molecular flexibility index (Phi) is 5.41. The minimum Gasteiger partial charge on any atom is -0.493 e. The number of rotatable bonds is 7. The molecule has 0 atom stereocenters. The zero-order valence-electron chi connectivity index (χ0n) is 12.2. The quantitative estimate of drug-likeness (QED) is 0.852. The first-order chi connectivity index (χ1) is 10.2. The predicted octanol–water partition coefficient (Wildman–Crippen LogP) is 3.20. The van der Waals surface area contributed by atoms with E-state index in [4.69, 9.17) is 14.2 Å². The Balaban J connectivity index is 2.05. The summed E-state index contributed by atoms with van der Waals surface area (Å²) in [5, 5.41) is 3.10. The summed E-state index contributed by atoms with van der Waals surface area (Å²) in [5.74, 6) is 1.82. The maximum Gasteiger partial charge on any atom is 0.203 e. The van der Waals surface area contributed by atoms with Crippen molar-refractivity contribution < 1.29 is 18.6 Å². The van der Waals surface area contributed by atoms with E-state index in [0.717, 1.165) is 21.8 Å². The number of benzene rings is 1. The monoisotopic (exact) mass is 311 g/mol. The molecule has 1 aromatic heterocycles. The van der Waals surface area contributed by atoms with Crippen LogP contribution in [0.2, 0.25) is 0 Å². The van der Waals surface area contributed by atoms with Crippen molar-refractivity contribution in [3.63, 3.8) is 0 Å². The highest BCUT2D eigenvalue weighted by Gasteiger charge is 2.12. The second-order valence-corrected chi connectivity index (χ2v) is 5.46. The van der Waals surface area contributed by atoms with Gasteiger partial charge in [0.05, 0.1) is 21.3 Å². The molecule has 0 amide bonds. The van der Waals surface area contributed by atoms with Crippen LogP contribution in [-0.4, -0.2) is 21.3 Å². The summed E-state index contributed by atoms with van der Waals surface area (Å²) in [6.45, 7) is 1.24. The molecule has 1 N–H and O–H groups in total. The Bertz CT molecular complexity index is 575. The van der Waals surface area contributed by atoms with Crippen molar-refractivity contribution in [2.45, 2.75) is 13.1 Å². The van der Waals surface area contributed by atoms with E-state index in [0.29, 0.717) is 30.3 Å². The molecule has 4 nitrogen and oxygen atoms in total. The van der Waals surface area contributed by atoms with Crippen molar-refractivity contribution in [3.05, 3.63) is 39.8 Å². The average Bonchev–Trinajstić information content (AvgIpc) is 2.91. The third kappa shape index (κ3) is 3.86. The van der Waals surface area contributed by atoms with E-state index in [2.05, 4.69) is 5.32 Å². The zero-order chi connectivity index (χ0) is 15.2. The molecule has 0 aliphatic carbocycles. The molecule has 114 valence electrons. The van der Waals surface area contributed by atoms with Crippen LogP contribution in [-0.2, 0) is 13.1 Å². The third-order valence-corrected chi connectivity index (χ3v) is 3.86. The molecule has 0 saturated heterocycles. The van der Waals surface area contributed by atoms with E-state index in [-0.39, 0.29) is 5.13 Å². The van der Waals surface area contributed by atoms with Gasteiger partial charge in [0.2, 0.25) is 5.75 Å². The van der Waals surface area contributed by atoms with Gasteiger partial charge in [-0.25, -0.2) is 0 Å². The van der Waals surface area contributed by atoms with Crippen LogP contribution in [0.25, 0.3) is 0 Å². The number of nitrogens with one attached hydrogen (secondary N) is 1. The minimum atomic E-state index is -0.167. The fraction of sp³-hybridized carbons (Fsp3) is 0.333. The lowest BCUT2D eigenvalue weighted by Crippen LogP contribution is -2.12. The molecule has 6 heteroatoms. The predicted molar refractivity (Wildman–Crippen MR) is 80.9 cm³/mol. The Morgan fingerprint density at radius 3 is 2.14 bits per heavy atom. The highest BCUT2D eigenvalue weighted by Crippen LogP contribution is 2.38. The number of methoxy groups -OCH3 is 3. The topological polar surface area (TPSA) is 39.7 Å². The summed E-state index contributed by atoms with van der Waals surface area (Å²) >= 11 is 1.15. The highest BCUT2D eigenvalue weighted by atomic mass is 32.1. The van der Waals surface area contributed by atoms with E-state index in [1.165, 1.54) is 6.07 Å². The van der Waals surface area contributed by atoms with Crippen molar-refractivity contribution in [2.75, 3.05) is 21.3 Å². The van der Waals surface area contributed by atoms with E-state index in [1.54, 1.807) is 27.4 Å². The van der Waals surface area contributed by atoms with Crippen LogP contribution in [0.1, 0.15) is 10.4 Å². The molecule has 1 aromatic carbocycles. The lowest BCUT2D eigenvalue weighted by atomic mass is 10.1. The van der Waals surface area contributed by atoms with E-state index < -0.39 is 0 Å². The summed E-state index contributed by atoms with van der Waals surface area (Å²) in [4.78, 5) is 0.958. The van der Waals surface area contributed by atoms with Crippen molar-refractivity contribution in [1.29, 1.82) is 0 Å². The van der Waals surface area contributed by atoms with Gasteiger partial charge in [-0.05, 0) is 29.8 Å². The van der Waals surface area contributed by atoms with Gasteiger partial charge in [-0.2, -0.15) is 4.39 Å². The molecular formula is C15H18FNO3S. The third-order valence-electron chi connectivity index (χ3n) is 2.98. The van der Waals surface area contributed by atoms with Crippen molar-refractivity contribution in [3.8, 4) is 17.2 Å². The van der Waals surface area contributed by atoms with Gasteiger partial charge in [0.15, 0.2) is 16.6 Å². The molecule has 0 saturated carbocycles. The second kappa shape index (κ2) is 7.28. The maximum absolute atomic E-state index is 12.9. The van der Waals surface area contributed by atoms with Gasteiger partial charge < -0.3 is 19.5 Å². The number of halogens is 1. The summed E-state index contributed by atoms with van der Waals surface area (Å²) < 4.78 is 28.8. The largest absolute Gasteiger partial charge is 0.493 e. The van der Waals surface area contributed by atoms with Crippen LogP contribution in [0.4, 0.5) is 4.39 Å². The van der Waals surface area contributed by atoms with E-state index >= 15 is 0 Å². The average molecular weight is 311 g/mol. The number of hydrogen-bond donors (Lipinski definition) is 1. The molecule has 0 spiro atoms. The van der Waals surface area contributed by atoms with Gasteiger partial charge in [-0.3, -0.25) is 0 Å². The van der Waals surface area contributed by atoms with Crippen molar-refractivity contribution in [2.24, 2.45) is 0 Å². The molecule has 0 aliphatic heterocycles. The lowest BCUT2D eigenvalue weighted by Gasteiger charge is -2.14. The van der Waals surface area contributed by atoms with Gasteiger partial charge >= 0.3 is 0 Å². The van der Waals surface area contributed by atoms with Gasteiger partial charge in [0.1, 0.15) is 0 Å². The normalized spacial score (nSPS) is 10.5. The van der Waals surface area contributed by atoms with Gasteiger partial charge in [0.25, 0.3) is 0 Å². The van der Waals surface area contributed by atoms with Crippen LogP contribution < -0.4 is 19.5 Å². The maximum atomic E-state index is 12.9. The standard InChI is InChI=1S/C15H18FNO3S/c1-18-12-6-10(7-13(19-2)15(12)20-3)8-17-9-11-4-5-14(16)21-11/h4-7,17H,8-9H2,1-3H3. The number of ether oxygens (including phenoxy) is 3. The molecule has 0 aliphatic rings. The second-order valence-electron chi connectivity index (χ2n) is 4.34. The molecule has 0 radical (unpaired) electrons. The van der Waals surface area contributed by atoms with Gasteiger partial charge in [-0.1, -0.05) is 0 Å². The van der Waals surface area contributed by atoms with E-state index in [9.17, 15) is 4.39 Å². The Labute approximate surface area is 127 Å². The number of hydrogen-bond acceptors (Lipinski definition) is 5. The van der Waals surface area contributed by atoms with Crippen LogP contribution in [0.15, 0.2) is 24.3 Å². The Morgan fingerprint density at radius 1 is 1.00 bits per heavy atom. The smallest absolute Gasteiger partial charge is 0.203 e. The molecule has 0 unspecified atom stereocenters. The fourth-order valence-electron chi connectivity index (χ4n) is 2.01. The Morgan fingerprint density at radius 2 is 1.67 bits per heavy atom. The highest BCUT2D eigenvalue weighted by molar-refractivity contribution is 7.10. The first kappa shape index (κ1) is 15.6. The van der Waals surface area contributed by atoms with Crippen molar-refractivity contribution in [1.82, 2.24) is 5.32 Å². The van der Waals surface area contributed by atoms with Crippen molar-refractivity contribution >= 4 is 11.3 Å². The fourth-order valence-corrected chi connectivity index (χ4v) is 2.71. The van der Waals surface area contributed by atoms with Crippen LogP contribution >= 0.6 is 11.3 Å². The lowest BCUT2D eigenvalue weighted by molar-refractivity contribution is 0.323. The van der Waals surface area contributed by atoms with Gasteiger partial charge in [-0.15, -0.1) is 11.3 Å². The summed E-state index contributed by atoms with van der Waals surface area (Å²) in [6.07, 6.45) is 0. The molecule has 2 rings (SSSR count). The Hall–Kier alpha value is -1.79. The molecule has 0 bridgehead atoms. The summed E-state index contributed by atoms with van der Waals surface area (Å²) in [6, 6.07) is 7.04. The molecule has 2 aromatic rings. The molecular weight excluding hydrogens is 293 g/mol. The first-order valence-electron chi connectivity index (χ1n) is 6.41. The van der Waals surface area contributed by atoms with Gasteiger partial charge in [0, 0.05) is 18.0 Å². The minimum absolute atomic E-state index is 0.167. The molecule has 0 fully saturated rings. The number of thiophene rings is 1. The van der Waals surface area contributed by atoms with Crippen LogP contribution in [0.3, 0.4) is 0 Å². The molecule has 21 heavy (non-hydrogen) atoms.